The number of rotatable bonds is 48. The van der Waals surface area contributed by atoms with Gasteiger partial charge in [-0.2, -0.15) is 0 Å². The molecule has 0 amide bonds. The number of carbonyl (C=O) groups is 3. The molecule has 0 unspecified atom stereocenters. The number of allylic oxidation sites excluding steroid dienone is 10. The van der Waals surface area contributed by atoms with Crippen molar-refractivity contribution in [1.29, 1.82) is 0 Å². The van der Waals surface area contributed by atoms with E-state index >= 15 is 0 Å². The Balaban J connectivity index is 4.40. The monoisotopic (exact) mass is 881 g/mol. The lowest BCUT2D eigenvalue weighted by molar-refractivity contribution is -0.167. The molecule has 0 aromatic carbocycles. The first-order valence-corrected chi connectivity index (χ1v) is 26.8. The van der Waals surface area contributed by atoms with Gasteiger partial charge in [0.05, 0.1) is 0 Å². The van der Waals surface area contributed by atoms with Crippen LogP contribution in [0.4, 0.5) is 0 Å². The van der Waals surface area contributed by atoms with Crippen LogP contribution in [0.25, 0.3) is 0 Å². The summed E-state index contributed by atoms with van der Waals surface area (Å²) in [6.45, 7) is 6.49. The number of hydrogen-bond donors (Lipinski definition) is 0. The Morgan fingerprint density at radius 2 is 0.619 bits per heavy atom. The van der Waals surface area contributed by atoms with Crippen molar-refractivity contribution in [2.45, 2.75) is 271 Å². The van der Waals surface area contributed by atoms with Crippen molar-refractivity contribution in [2.24, 2.45) is 0 Å². The summed E-state index contributed by atoms with van der Waals surface area (Å²) < 4.78 is 16.8. The van der Waals surface area contributed by atoms with Crippen LogP contribution >= 0.6 is 0 Å². The molecule has 0 aromatic rings. The zero-order valence-electron chi connectivity index (χ0n) is 41.6. The van der Waals surface area contributed by atoms with E-state index in [0.29, 0.717) is 19.3 Å². The van der Waals surface area contributed by atoms with Crippen LogP contribution in [0, 0.1) is 0 Å². The van der Waals surface area contributed by atoms with Crippen LogP contribution in [0.15, 0.2) is 60.8 Å². The lowest BCUT2D eigenvalue weighted by Gasteiger charge is -2.18. The smallest absolute Gasteiger partial charge is 0.306 e. The van der Waals surface area contributed by atoms with E-state index in [1.54, 1.807) is 0 Å². The first-order valence-electron chi connectivity index (χ1n) is 26.8. The Labute approximate surface area is 390 Å². The summed E-state index contributed by atoms with van der Waals surface area (Å²) in [5.74, 6) is -0.900. The minimum Gasteiger partial charge on any atom is -0.462 e. The molecule has 0 saturated carbocycles. The Hall–Kier alpha value is -2.89. The SMILES string of the molecule is CC/C=C\C/C=C\C/C=C\CCCCCCCC(=O)O[C@H](COC(=O)CCCCCCCCC/C=C\C/C=C\CCCCC)COC(=O)CCCCCCCCCCCCCCC. The van der Waals surface area contributed by atoms with Crippen molar-refractivity contribution in [2.75, 3.05) is 13.2 Å². The van der Waals surface area contributed by atoms with E-state index in [-0.39, 0.29) is 31.1 Å². The van der Waals surface area contributed by atoms with Gasteiger partial charge in [0.25, 0.3) is 0 Å². The van der Waals surface area contributed by atoms with Gasteiger partial charge in [0.2, 0.25) is 0 Å². The molecule has 0 aliphatic rings. The Morgan fingerprint density at radius 1 is 0.333 bits per heavy atom. The summed E-state index contributed by atoms with van der Waals surface area (Å²) in [7, 11) is 0. The summed E-state index contributed by atoms with van der Waals surface area (Å²) in [5, 5.41) is 0. The molecule has 6 nitrogen and oxygen atoms in total. The van der Waals surface area contributed by atoms with Crippen LogP contribution in [-0.4, -0.2) is 37.2 Å². The number of esters is 3. The molecule has 0 radical (unpaired) electrons. The molecular formula is C57H100O6. The quantitative estimate of drug-likeness (QED) is 0.0262. The molecular weight excluding hydrogens is 781 g/mol. The molecule has 63 heavy (non-hydrogen) atoms. The average Bonchev–Trinajstić information content (AvgIpc) is 3.28. The molecule has 0 saturated heterocycles. The molecule has 6 heteroatoms. The Bertz CT molecular complexity index is 1150. The zero-order valence-corrected chi connectivity index (χ0v) is 41.6. The lowest BCUT2D eigenvalue weighted by atomic mass is 10.0. The van der Waals surface area contributed by atoms with Gasteiger partial charge in [-0.05, 0) is 83.5 Å². The van der Waals surface area contributed by atoms with E-state index in [4.69, 9.17) is 14.2 Å². The highest BCUT2D eigenvalue weighted by Crippen LogP contribution is 2.15. The fraction of sp³-hybridized carbons (Fsp3) is 0.772. The van der Waals surface area contributed by atoms with Gasteiger partial charge in [-0.25, -0.2) is 0 Å². The minimum atomic E-state index is -0.784. The molecule has 0 heterocycles. The summed E-state index contributed by atoms with van der Waals surface area (Å²) in [6.07, 6.45) is 63.4. The van der Waals surface area contributed by atoms with Crippen LogP contribution in [0.3, 0.4) is 0 Å². The summed E-state index contributed by atoms with van der Waals surface area (Å²) in [5.41, 5.74) is 0. The summed E-state index contributed by atoms with van der Waals surface area (Å²) in [4.78, 5) is 38.0. The van der Waals surface area contributed by atoms with Gasteiger partial charge in [0, 0.05) is 19.3 Å². The van der Waals surface area contributed by atoms with E-state index in [0.717, 1.165) is 109 Å². The highest BCUT2D eigenvalue weighted by atomic mass is 16.6. The molecule has 0 rings (SSSR count). The van der Waals surface area contributed by atoms with Gasteiger partial charge in [-0.15, -0.1) is 0 Å². The second kappa shape index (κ2) is 51.7. The Morgan fingerprint density at radius 3 is 1.00 bits per heavy atom. The highest BCUT2D eigenvalue weighted by molar-refractivity contribution is 5.71. The van der Waals surface area contributed by atoms with Gasteiger partial charge < -0.3 is 14.2 Å². The number of ether oxygens (including phenoxy) is 3. The molecule has 0 aliphatic heterocycles. The van der Waals surface area contributed by atoms with Gasteiger partial charge >= 0.3 is 17.9 Å². The molecule has 1 atom stereocenters. The second-order valence-corrected chi connectivity index (χ2v) is 17.8. The first kappa shape index (κ1) is 60.1. The normalized spacial score (nSPS) is 12.5. The number of carbonyl (C=O) groups excluding carboxylic acids is 3. The van der Waals surface area contributed by atoms with Crippen LogP contribution in [0.5, 0.6) is 0 Å². The average molecular weight is 881 g/mol. The van der Waals surface area contributed by atoms with Gasteiger partial charge in [-0.1, -0.05) is 223 Å². The van der Waals surface area contributed by atoms with E-state index in [1.165, 1.54) is 116 Å². The van der Waals surface area contributed by atoms with Crippen LogP contribution in [-0.2, 0) is 28.6 Å². The third-order valence-electron chi connectivity index (χ3n) is 11.5. The van der Waals surface area contributed by atoms with Gasteiger partial charge in [0.1, 0.15) is 13.2 Å². The predicted octanol–water partition coefficient (Wildman–Crippen LogP) is 17.6. The second-order valence-electron chi connectivity index (χ2n) is 17.8. The van der Waals surface area contributed by atoms with Crippen molar-refractivity contribution in [3.05, 3.63) is 60.8 Å². The van der Waals surface area contributed by atoms with E-state index in [2.05, 4.69) is 81.5 Å². The molecule has 0 N–H and O–H groups in total. The van der Waals surface area contributed by atoms with Crippen molar-refractivity contribution in [1.82, 2.24) is 0 Å². The molecule has 0 aromatic heterocycles. The third kappa shape index (κ3) is 50.0. The zero-order chi connectivity index (χ0) is 45.8. The van der Waals surface area contributed by atoms with Crippen molar-refractivity contribution in [3.63, 3.8) is 0 Å². The number of unbranched alkanes of at least 4 members (excludes halogenated alkanes) is 27. The fourth-order valence-corrected chi connectivity index (χ4v) is 7.49. The lowest BCUT2D eigenvalue weighted by Crippen LogP contribution is -2.30. The van der Waals surface area contributed by atoms with Crippen molar-refractivity contribution >= 4 is 17.9 Å². The van der Waals surface area contributed by atoms with Crippen molar-refractivity contribution < 1.29 is 28.6 Å². The maximum absolute atomic E-state index is 12.8. The standard InChI is InChI=1S/C57H100O6/c1-4-7-10-13-16-19-22-25-27-28-30-32-35-38-41-44-47-50-56(59)62-53-54(52-61-55(58)49-46-43-40-37-34-31-24-21-18-15-12-9-6-3)63-57(60)51-48-45-42-39-36-33-29-26-23-20-17-14-11-8-5-2/h8,11,16-17,19-20,25-27,29,54H,4-7,9-10,12-15,18,21-24,28,30-53H2,1-3H3/b11-8-,19-16-,20-17-,27-25-,29-26-/t54-/m0/s1. The fourth-order valence-electron chi connectivity index (χ4n) is 7.49. The molecule has 0 spiro atoms. The van der Waals surface area contributed by atoms with Crippen LogP contribution in [0.1, 0.15) is 265 Å². The molecule has 0 bridgehead atoms. The topological polar surface area (TPSA) is 78.9 Å². The minimum absolute atomic E-state index is 0.0819. The van der Waals surface area contributed by atoms with Gasteiger partial charge in [0.15, 0.2) is 6.10 Å². The largest absolute Gasteiger partial charge is 0.462 e. The highest BCUT2D eigenvalue weighted by Gasteiger charge is 2.19. The van der Waals surface area contributed by atoms with E-state index in [1.807, 2.05) is 0 Å². The van der Waals surface area contributed by atoms with E-state index in [9.17, 15) is 14.4 Å². The maximum Gasteiger partial charge on any atom is 0.306 e. The first-order chi connectivity index (χ1) is 31.0. The third-order valence-corrected chi connectivity index (χ3v) is 11.5. The maximum atomic E-state index is 12.8. The summed E-state index contributed by atoms with van der Waals surface area (Å²) >= 11 is 0. The predicted molar refractivity (Wildman–Crippen MR) is 270 cm³/mol. The van der Waals surface area contributed by atoms with Crippen LogP contribution in [0.2, 0.25) is 0 Å². The van der Waals surface area contributed by atoms with Gasteiger partial charge in [-0.3, -0.25) is 14.4 Å². The van der Waals surface area contributed by atoms with Crippen LogP contribution < -0.4 is 0 Å². The molecule has 0 fully saturated rings. The van der Waals surface area contributed by atoms with E-state index < -0.39 is 6.10 Å². The Kier molecular flexibility index (Phi) is 49.4. The summed E-state index contributed by atoms with van der Waals surface area (Å²) in [6, 6.07) is 0. The van der Waals surface area contributed by atoms with Crippen molar-refractivity contribution in [3.8, 4) is 0 Å². The molecule has 0 aliphatic carbocycles. The molecule has 364 valence electrons. The number of hydrogen-bond acceptors (Lipinski definition) is 6.